The zero-order valence-corrected chi connectivity index (χ0v) is 9.16. The summed E-state index contributed by atoms with van der Waals surface area (Å²) >= 11 is 0. The third kappa shape index (κ3) is 3.51. The van der Waals surface area contributed by atoms with E-state index in [1.807, 2.05) is 26.0 Å². The second-order valence-electron chi connectivity index (χ2n) is 3.24. The number of hydrogen-bond donors (Lipinski definition) is 1. The Morgan fingerprint density at radius 2 is 2.47 bits per heavy atom. The van der Waals surface area contributed by atoms with Crippen LogP contribution in [0.15, 0.2) is 18.3 Å². The molecule has 0 spiro atoms. The molecule has 1 unspecified atom stereocenters. The van der Waals surface area contributed by atoms with Gasteiger partial charge < -0.3 is 10.1 Å². The first-order valence-electron chi connectivity index (χ1n) is 5.05. The van der Waals surface area contributed by atoms with Crippen LogP contribution in [0.1, 0.15) is 20.3 Å². The maximum atomic E-state index is 5.44. The van der Waals surface area contributed by atoms with Crippen LogP contribution in [0.3, 0.4) is 0 Å². The van der Waals surface area contributed by atoms with E-state index in [4.69, 9.17) is 11.2 Å². The standard InChI is InChI=1S/C12H16N2O/c1-4-7-10(3)14-12-11(15-5-2)8-6-9-13-12/h1,6,8-10H,5,7H2,2-3H3,(H,13,14). The molecule has 1 atom stereocenters. The van der Waals surface area contributed by atoms with Crippen molar-refractivity contribution >= 4 is 5.82 Å². The van der Waals surface area contributed by atoms with E-state index in [0.717, 1.165) is 11.6 Å². The molecular formula is C12H16N2O. The van der Waals surface area contributed by atoms with E-state index in [1.165, 1.54) is 0 Å². The van der Waals surface area contributed by atoms with E-state index in [9.17, 15) is 0 Å². The van der Waals surface area contributed by atoms with Crippen LogP contribution in [-0.4, -0.2) is 17.6 Å². The lowest BCUT2D eigenvalue weighted by Gasteiger charge is -2.14. The Hall–Kier alpha value is -1.69. The Morgan fingerprint density at radius 1 is 1.67 bits per heavy atom. The molecule has 1 aromatic rings. The second-order valence-corrected chi connectivity index (χ2v) is 3.24. The minimum absolute atomic E-state index is 0.198. The SMILES string of the molecule is C#CCC(C)Nc1ncccc1OCC. The van der Waals surface area contributed by atoms with E-state index < -0.39 is 0 Å². The van der Waals surface area contributed by atoms with Crippen LogP contribution < -0.4 is 10.1 Å². The van der Waals surface area contributed by atoms with Gasteiger partial charge in [0.15, 0.2) is 11.6 Å². The van der Waals surface area contributed by atoms with Gasteiger partial charge in [-0.25, -0.2) is 4.98 Å². The maximum absolute atomic E-state index is 5.44. The quantitative estimate of drug-likeness (QED) is 0.747. The lowest BCUT2D eigenvalue weighted by molar-refractivity contribution is 0.340. The van der Waals surface area contributed by atoms with E-state index in [2.05, 4.69) is 16.2 Å². The molecule has 3 nitrogen and oxygen atoms in total. The number of ether oxygens (including phenoxy) is 1. The van der Waals surface area contributed by atoms with Gasteiger partial charge in [-0.1, -0.05) is 0 Å². The van der Waals surface area contributed by atoms with Crippen LogP contribution in [0.25, 0.3) is 0 Å². The summed E-state index contributed by atoms with van der Waals surface area (Å²) in [6.45, 7) is 4.59. The minimum Gasteiger partial charge on any atom is -0.490 e. The van der Waals surface area contributed by atoms with Gasteiger partial charge in [0, 0.05) is 18.7 Å². The second kappa shape index (κ2) is 5.92. The molecule has 80 valence electrons. The van der Waals surface area contributed by atoms with Crippen LogP contribution in [0, 0.1) is 12.3 Å². The first kappa shape index (κ1) is 11.4. The molecule has 1 aromatic heterocycles. The molecule has 15 heavy (non-hydrogen) atoms. The normalized spacial score (nSPS) is 11.5. The predicted molar refractivity (Wildman–Crippen MR) is 61.9 cm³/mol. The zero-order chi connectivity index (χ0) is 11.1. The first-order valence-corrected chi connectivity index (χ1v) is 5.05. The average Bonchev–Trinajstić information content (AvgIpc) is 2.21. The van der Waals surface area contributed by atoms with E-state index in [0.29, 0.717) is 13.0 Å². The fraction of sp³-hybridized carbons (Fsp3) is 0.417. The van der Waals surface area contributed by atoms with Gasteiger partial charge in [-0.15, -0.1) is 12.3 Å². The van der Waals surface area contributed by atoms with Crippen molar-refractivity contribution in [2.75, 3.05) is 11.9 Å². The Kier molecular flexibility index (Phi) is 4.49. The monoisotopic (exact) mass is 204 g/mol. The van der Waals surface area contributed by atoms with Crippen molar-refractivity contribution in [3.8, 4) is 18.1 Å². The maximum Gasteiger partial charge on any atom is 0.168 e. The number of pyridine rings is 1. The largest absolute Gasteiger partial charge is 0.490 e. The van der Waals surface area contributed by atoms with E-state index in [-0.39, 0.29) is 6.04 Å². The van der Waals surface area contributed by atoms with Gasteiger partial charge in [0.25, 0.3) is 0 Å². The molecule has 0 amide bonds. The molecule has 3 heteroatoms. The number of hydrogen-bond acceptors (Lipinski definition) is 3. The van der Waals surface area contributed by atoms with Gasteiger partial charge in [0.1, 0.15) is 0 Å². The molecule has 0 saturated heterocycles. The molecule has 0 aliphatic rings. The van der Waals surface area contributed by atoms with Crippen molar-refractivity contribution in [2.24, 2.45) is 0 Å². The van der Waals surface area contributed by atoms with Crippen LogP contribution in [-0.2, 0) is 0 Å². The third-order valence-electron chi connectivity index (χ3n) is 1.88. The summed E-state index contributed by atoms with van der Waals surface area (Å²) < 4.78 is 5.44. The Bertz CT molecular complexity index is 344. The lowest BCUT2D eigenvalue weighted by atomic mass is 10.2. The van der Waals surface area contributed by atoms with Crippen molar-refractivity contribution in [3.63, 3.8) is 0 Å². The Balaban J connectivity index is 2.71. The van der Waals surface area contributed by atoms with E-state index >= 15 is 0 Å². The molecule has 1 N–H and O–H groups in total. The number of terminal acetylenes is 1. The molecule has 0 aliphatic heterocycles. The van der Waals surface area contributed by atoms with Crippen molar-refractivity contribution in [1.82, 2.24) is 4.98 Å². The summed E-state index contributed by atoms with van der Waals surface area (Å²) in [6.07, 6.45) is 7.64. The fourth-order valence-corrected chi connectivity index (χ4v) is 1.23. The van der Waals surface area contributed by atoms with Gasteiger partial charge in [0.2, 0.25) is 0 Å². The number of aromatic nitrogens is 1. The summed E-state index contributed by atoms with van der Waals surface area (Å²) in [5, 5.41) is 3.22. The summed E-state index contributed by atoms with van der Waals surface area (Å²) in [5.74, 6) is 4.13. The van der Waals surface area contributed by atoms with Gasteiger partial charge >= 0.3 is 0 Å². The molecule has 0 radical (unpaired) electrons. The molecular weight excluding hydrogens is 188 g/mol. The van der Waals surface area contributed by atoms with Crippen LogP contribution in [0.4, 0.5) is 5.82 Å². The van der Waals surface area contributed by atoms with Gasteiger partial charge in [-0.05, 0) is 26.0 Å². The fourth-order valence-electron chi connectivity index (χ4n) is 1.23. The third-order valence-corrected chi connectivity index (χ3v) is 1.88. The number of nitrogens with zero attached hydrogens (tertiary/aromatic N) is 1. The first-order chi connectivity index (χ1) is 7.27. The molecule has 0 aliphatic carbocycles. The topological polar surface area (TPSA) is 34.2 Å². The number of rotatable bonds is 5. The zero-order valence-electron chi connectivity index (χ0n) is 9.16. The van der Waals surface area contributed by atoms with Gasteiger partial charge in [-0.3, -0.25) is 0 Å². The highest BCUT2D eigenvalue weighted by Crippen LogP contribution is 2.21. The highest BCUT2D eigenvalue weighted by Gasteiger charge is 2.06. The minimum atomic E-state index is 0.198. The van der Waals surface area contributed by atoms with Gasteiger partial charge in [-0.2, -0.15) is 0 Å². The van der Waals surface area contributed by atoms with Gasteiger partial charge in [0.05, 0.1) is 6.61 Å². The van der Waals surface area contributed by atoms with Crippen molar-refractivity contribution in [2.45, 2.75) is 26.3 Å². The summed E-state index contributed by atoms with van der Waals surface area (Å²) in [7, 11) is 0. The summed E-state index contributed by atoms with van der Waals surface area (Å²) in [5.41, 5.74) is 0. The molecule has 0 bridgehead atoms. The van der Waals surface area contributed by atoms with E-state index in [1.54, 1.807) is 6.20 Å². The predicted octanol–water partition coefficient (Wildman–Crippen LogP) is 2.30. The van der Waals surface area contributed by atoms with Crippen LogP contribution >= 0.6 is 0 Å². The molecule has 1 heterocycles. The summed E-state index contributed by atoms with van der Waals surface area (Å²) in [6, 6.07) is 3.94. The molecule has 0 saturated carbocycles. The van der Waals surface area contributed by atoms with Crippen LogP contribution in [0.2, 0.25) is 0 Å². The van der Waals surface area contributed by atoms with Crippen molar-refractivity contribution in [1.29, 1.82) is 0 Å². The Morgan fingerprint density at radius 3 is 3.13 bits per heavy atom. The summed E-state index contributed by atoms with van der Waals surface area (Å²) in [4.78, 5) is 4.21. The highest BCUT2D eigenvalue weighted by atomic mass is 16.5. The molecule has 1 rings (SSSR count). The molecule has 0 fully saturated rings. The highest BCUT2D eigenvalue weighted by molar-refractivity contribution is 5.50. The van der Waals surface area contributed by atoms with Crippen molar-refractivity contribution in [3.05, 3.63) is 18.3 Å². The number of anilines is 1. The lowest BCUT2D eigenvalue weighted by Crippen LogP contribution is -2.15. The Labute approximate surface area is 90.9 Å². The molecule has 0 aromatic carbocycles. The van der Waals surface area contributed by atoms with Crippen molar-refractivity contribution < 1.29 is 4.74 Å². The smallest absolute Gasteiger partial charge is 0.168 e. The van der Waals surface area contributed by atoms with Crippen LogP contribution in [0.5, 0.6) is 5.75 Å². The number of nitrogens with one attached hydrogen (secondary N) is 1. The average molecular weight is 204 g/mol.